The number of ether oxygens (including phenoxy) is 2. The maximum atomic E-state index is 12.5. The van der Waals surface area contributed by atoms with Gasteiger partial charge in [-0.25, -0.2) is 0 Å². The molecule has 1 heterocycles. The minimum atomic E-state index is -0.828. The highest BCUT2D eigenvalue weighted by molar-refractivity contribution is 5.89. The highest BCUT2D eigenvalue weighted by atomic mass is 16.5. The van der Waals surface area contributed by atoms with E-state index < -0.39 is 5.54 Å². The van der Waals surface area contributed by atoms with Crippen LogP contribution in [-0.4, -0.2) is 43.9 Å². The van der Waals surface area contributed by atoms with Gasteiger partial charge in [0.1, 0.15) is 5.54 Å². The second-order valence-corrected chi connectivity index (χ2v) is 6.39. The summed E-state index contributed by atoms with van der Waals surface area (Å²) < 4.78 is 10.9. The molecule has 1 aliphatic heterocycles. The molecule has 110 valence electrons. The van der Waals surface area contributed by atoms with E-state index in [1.807, 2.05) is 20.8 Å². The van der Waals surface area contributed by atoms with Gasteiger partial charge in [-0.3, -0.25) is 4.79 Å². The van der Waals surface area contributed by atoms with Gasteiger partial charge in [0.25, 0.3) is 0 Å². The van der Waals surface area contributed by atoms with Crippen LogP contribution >= 0.6 is 0 Å². The third-order valence-corrected chi connectivity index (χ3v) is 5.01. The maximum Gasteiger partial charge on any atom is 0.241 e. The molecule has 1 saturated heterocycles. The quantitative estimate of drug-likeness (QED) is 0.787. The van der Waals surface area contributed by atoms with Crippen molar-refractivity contribution >= 4 is 5.91 Å². The molecule has 5 nitrogen and oxygen atoms in total. The molecule has 2 rings (SSSR count). The lowest BCUT2D eigenvalue weighted by Gasteiger charge is -2.65. The minimum Gasteiger partial charge on any atom is -0.380 e. The van der Waals surface area contributed by atoms with Crippen molar-refractivity contribution in [1.29, 1.82) is 0 Å². The monoisotopic (exact) mass is 270 g/mol. The van der Waals surface area contributed by atoms with Gasteiger partial charge in [-0.1, -0.05) is 13.8 Å². The first-order valence-corrected chi connectivity index (χ1v) is 7.07. The summed E-state index contributed by atoms with van der Waals surface area (Å²) in [5, 5.41) is 2.92. The van der Waals surface area contributed by atoms with Gasteiger partial charge < -0.3 is 20.5 Å². The highest BCUT2D eigenvalue weighted by Gasteiger charge is 2.70. The lowest BCUT2D eigenvalue weighted by atomic mass is 9.46. The van der Waals surface area contributed by atoms with Crippen LogP contribution in [0.15, 0.2) is 0 Å². The predicted octanol–water partition coefficient (Wildman–Crippen LogP) is 0.670. The van der Waals surface area contributed by atoms with E-state index in [4.69, 9.17) is 15.2 Å². The summed E-state index contributed by atoms with van der Waals surface area (Å²) in [5.41, 5.74) is 5.32. The van der Waals surface area contributed by atoms with Gasteiger partial charge in [-0.05, 0) is 19.8 Å². The van der Waals surface area contributed by atoms with Crippen molar-refractivity contribution < 1.29 is 14.3 Å². The molecule has 0 aromatic carbocycles. The third kappa shape index (κ3) is 2.08. The number of nitrogens with two attached hydrogens (primary N) is 1. The number of fused-ring (bicyclic) bond motifs is 1. The summed E-state index contributed by atoms with van der Waals surface area (Å²) in [7, 11) is 1.63. The summed E-state index contributed by atoms with van der Waals surface area (Å²) in [6, 6.07) is 0. The average molecular weight is 270 g/mol. The fourth-order valence-corrected chi connectivity index (χ4v) is 3.50. The van der Waals surface area contributed by atoms with Crippen LogP contribution in [-0.2, 0) is 14.3 Å². The van der Waals surface area contributed by atoms with Crippen LogP contribution in [0, 0.1) is 11.3 Å². The van der Waals surface area contributed by atoms with Gasteiger partial charge in [0.2, 0.25) is 5.91 Å². The van der Waals surface area contributed by atoms with Crippen LogP contribution in [0.4, 0.5) is 0 Å². The highest BCUT2D eigenvalue weighted by Crippen LogP contribution is 2.57. The molecule has 0 radical (unpaired) electrons. The number of methoxy groups -OCH3 is 1. The van der Waals surface area contributed by atoms with Gasteiger partial charge in [-0.15, -0.1) is 0 Å². The summed E-state index contributed by atoms with van der Waals surface area (Å²) in [6.45, 7) is 7.24. The van der Waals surface area contributed by atoms with Crippen molar-refractivity contribution in [2.75, 3.05) is 20.3 Å². The summed E-state index contributed by atoms with van der Waals surface area (Å²) >= 11 is 0. The van der Waals surface area contributed by atoms with Gasteiger partial charge in [0, 0.05) is 31.6 Å². The van der Waals surface area contributed by atoms with Crippen molar-refractivity contribution in [2.24, 2.45) is 17.1 Å². The molecule has 4 unspecified atom stereocenters. The molecule has 4 atom stereocenters. The molecule has 5 heteroatoms. The van der Waals surface area contributed by atoms with E-state index in [9.17, 15) is 4.79 Å². The summed E-state index contributed by atoms with van der Waals surface area (Å²) in [6.07, 6.45) is 2.06. The lowest BCUT2D eigenvalue weighted by molar-refractivity contribution is -0.225. The molecular formula is C14H26N2O3. The Bertz CT molecular complexity index is 359. The Morgan fingerprint density at radius 1 is 1.58 bits per heavy atom. The van der Waals surface area contributed by atoms with Gasteiger partial charge in [-0.2, -0.15) is 0 Å². The van der Waals surface area contributed by atoms with E-state index >= 15 is 0 Å². The van der Waals surface area contributed by atoms with Crippen LogP contribution in [0.25, 0.3) is 0 Å². The minimum absolute atomic E-state index is 0.00542. The molecule has 1 amide bonds. The largest absolute Gasteiger partial charge is 0.380 e. The number of nitrogens with one attached hydrogen (secondary N) is 1. The lowest BCUT2D eigenvalue weighted by Crippen LogP contribution is -2.82. The Morgan fingerprint density at radius 2 is 2.26 bits per heavy atom. The molecule has 2 aliphatic rings. The first-order chi connectivity index (χ1) is 8.85. The first kappa shape index (κ1) is 14.8. The Kier molecular flexibility index (Phi) is 3.91. The van der Waals surface area contributed by atoms with Crippen molar-refractivity contribution in [3.05, 3.63) is 0 Å². The van der Waals surface area contributed by atoms with E-state index in [1.54, 1.807) is 7.11 Å². The molecular weight excluding hydrogens is 244 g/mol. The molecule has 2 fully saturated rings. The average Bonchev–Trinajstić information content (AvgIpc) is 2.43. The van der Waals surface area contributed by atoms with E-state index in [-0.39, 0.29) is 29.4 Å². The third-order valence-electron chi connectivity index (χ3n) is 5.01. The first-order valence-electron chi connectivity index (χ1n) is 7.07. The van der Waals surface area contributed by atoms with E-state index in [0.29, 0.717) is 6.54 Å². The number of hydrogen-bond acceptors (Lipinski definition) is 4. The SMILES string of the molecule is COC(C)CNC(=O)C1(N)C2CCCOC2C1(C)C. The van der Waals surface area contributed by atoms with E-state index in [2.05, 4.69) is 5.32 Å². The molecule has 0 aromatic rings. The van der Waals surface area contributed by atoms with Crippen molar-refractivity contribution in [1.82, 2.24) is 5.32 Å². The van der Waals surface area contributed by atoms with Crippen LogP contribution in [0.2, 0.25) is 0 Å². The van der Waals surface area contributed by atoms with Crippen molar-refractivity contribution in [3.8, 4) is 0 Å². The number of rotatable bonds is 4. The Labute approximate surface area is 115 Å². The zero-order chi connectivity index (χ0) is 14.3. The fourth-order valence-electron chi connectivity index (χ4n) is 3.50. The standard InChI is InChI=1S/C14H26N2O3/c1-9(18-4)8-16-12(17)14(15)10-6-5-7-19-11(10)13(14,2)3/h9-11H,5-8,15H2,1-4H3,(H,16,17). The number of amides is 1. The van der Waals surface area contributed by atoms with E-state index in [0.717, 1.165) is 19.4 Å². The number of carbonyl (C=O) groups excluding carboxylic acids is 1. The molecule has 0 spiro atoms. The fraction of sp³-hybridized carbons (Fsp3) is 0.929. The summed E-state index contributed by atoms with van der Waals surface area (Å²) in [4.78, 5) is 12.5. The molecule has 3 N–H and O–H groups in total. The van der Waals surface area contributed by atoms with Crippen molar-refractivity contribution in [2.45, 2.75) is 51.4 Å². The van der Waals surface area contributed by atoms with Crippen LogP contribution in [0.5, 0.6) is 0 Å². The van der Waals surface area contributed by atoms with Crippen LogP contribution in [0.3, 0.4) is 0 Å². The van der Waals surface area contributed by atoms with Gasteiger partial charge >= 0.3 is 0 Å². The van der Waals surface area contributed by atoms with Crippen LogP contribution < -0.4 is 11.1 Å². The molecule has 19 heavy (non-hydrogen) atoms. The zero-order valence-corrected chi connectivity index (χ0v) is 12.4. The maximum absolute atomic E-state index is 12.5. The molecule has 0 bridgehead atoms. The van der Waals surface area contributed by atoms with Gasteiger partial charge in [0.05, 0.1) is 12.2 Å². The van der Waals surface area contributed by atoms with Gasteiger partial charge in [0.15, 0.2) is 0 Å². The number of hydrogen-bond donors (Lipinski definition) is 2. The second-order valence-electron chi connectivity index (χ2n) is 6.39. The van der Waals surface area contributed by atoms with Crippen LogP contribution in [0.1, 0.15) is 33.6 Å². The Balaban J connectivity index is 2.06. The second kappa shape index (κ2) is 5.04. The Morgan fingerprint density at radius 3 is 2.89 bits per heavy atom. The number of carbonyl (C=O) groups is 1. The molecule has 1 aliphatic carbocycles. The molecule has 0 aromatic heterocycles. The topological polar surface area (TPSA) is 73.6 Å². The summed E-state index contributed by atoms with van der Waals surface area (Å²) in [5.74, 6) is 0.0576. The van der Waals surface area contributed by atoms with Crippen molar-refractivity contribution in [3.63, 3.8) is 0 Å². The predicted molar refractivity (Wildman–Crippen MR) is 72.6 cm³/mol. The smallest absolute Gasteiger partial charge is 0.241 e. The van der Waals surface area contributed by atoms with E-state index in [1.165, 1.54) is 0 Å². The molecule has 1 saturated carbocycles. The Hall–Kier alpha value is -0.650. The zero-order valence-electron chi connectivity index (χ0n) is 12.4. The normalized spacial score (nSPS) is 37.9.